The molecule has 0 atom stereocenters. The number of hydrogen-bond acceptors (Lipinski definition) is 6. The van der Waals surface area contributed by atoms with E-state index in [-0.39, 0.29) is 22.6 Å². The number of benzene rings is 2. The van der Waals surface area contributed by atoms with E-state index in [0.29, 0.717) is 22.3 Å². The molecule has 2 aromatic carbocycles. The van der Waals surface area contributed by atoms with Gasteiger partial charge < -0.3 is 19.7 Å². The highest BCUT2D eigenvalue weighted by Crippen LogP contribution is 2.48. The molecule has 2 aromatic rings. The summed E-state index contributed by atoms with van der Waals surface area (Å²) in [7, 11) is 2.35. The van der Waals surface area contributed by atoms with Crippen LogP contribution in [0.4, 0.5) is 0 Å². The number of phenols is 2. The fourth-order valence-electron chi connectivity index (χ4n) is 3.10. The summed E-state index contributed by atoms with van der Waals surface area (Å²) in [4.78, 5) is 21.2. The van der Waals surface area contributed by atoms with Crippen molar-refractivity contribution in [2.24, 2.45) is 0 Å². The third kappa shape index (κ3) is 4.10. The molecule has 29 heavy (non-hydrogen) atoms. The van der Waals surface area contributed by atoms with E-state index >= 15 is 0 Å². The summed E-state index contributed by atoms with van der Waals surface area (Å²) in [6, 6.07) is 5.36. The smallest absolute Gasteiger partial charge is 0.341 e. The van der Waals surface area contributed by atoms with Gasteiger partial charge in [-0.05, 0) is 60.4 Å². The summed E-state index contributed by atoms with van der Waals surface area (Å²) in [5.41, 5.74) is 1.36. The van der Waals surface area contributed by atoms with Crippen LogP contribution < -0.4 is 0 Å². The quantitative estimate of drug-likeness (QED) is 0.500. The van der Waals surface area contributed by atoms with Crippen molar-refractivity contribution in [2.45, 2.75) is 23.6 Å². The molecule has 0 spiro atoms. The minimum Gasteiger partial charge on any atom is -0.507 e. The third-order valence-electron chi connectivity index (χ3n) is 4.58. The van der Waals surface area contributed by atoms with Gasteiger partial charge in [0.05, 0.1) is 14.2 Å². The van der Waals surface area contributed by atoms with E-state index in [9.17, 15) is 19.8 Å². The molecule has 2 rings (SSSR count). The van der Waals surface area contributed by atoms with Gasteiger partial charge in [0.2, 0.25) is 0 Å². The molecule has 0 unspecified atom stereocenters. The summed E-state index contributed by atoms with van der Waals surface area (Å²) in [5, 5.41) is 20.3. The van der Waals surface area contributed by atoms with Gasteiger partial charge in [-0.1, -0.05) is 0 Å². The van der Waals surface area contributed by atoms with E-state index in [0.717, 1.165) is 0 Å². The largest absolute Gasteiger partial charge is 0.507 e. The first-order valence-electron chi connectivity index (χ1n) is 8.30. The number of methoxy groups -OCH3 is 2. The highest BCUT2D eigenvalue weighted by atomic mass is 35.5. The summed E-state index contributed by atoms with van der Waals surface area (Å²) in [6.07, 6.45) is 0. The average Bonchev–Trinajstić information content (AvgIpc) is 2.66. The molecule has 6 nitrogen and oxygen atoms in total. The number of rotatable bonds is 5. The van der Waals surface area contributed by atoms with Crippen LogP contribution in [0.15, 0.2) is 24.3 Å². The molecule has 0 aliphatic heterocycles. The zero-order valence-electron chi connectivity index (χ0n) is 16.0. The number of carbonyl (C=O) groups excluding carboxylic acids is 2. The van der Waals surface area contributed by atoms with E-state index in [1.54, 1.807) is 13.8 Å². The van der Waals surface area contributed by atoms with Gasteiger partial charge in [0.1, 0.15) is 32.3 Å². The third-order valence-corrected chi connectivity index (χ3v) is 6.08. The van der Waals surface area contributed by atoms with Crippen molar-refractivity contribution < 1.29 is 29.3 Å². The lowest BCUT2D eigenvalue weighted by molar-refractivity contribution is 0.0588. The van der Waals surface area contributed by atoms with Crippen molar-refractivity contribution in [3.8, 4) is 11.5 Å². The second-order valence-electron chi connectivity index (χ2n) is 6.36. The van der Waals surface area contributed by atoms with E-state index < -0.39 is 21.6 Å². The molecule has 0 aliphatic carbocycles. The Kier molecular flexibility index (Phi) is 6.93. The van der Waals surface area contributed by atoms with Gasteiger partial charge in [0.15, 0.2) is 0 Å². The Labute approximate surface area is 182 Å². The number of alkyl halides is 3. The monoisotopic (exact) mass is 460 g/mol. The van der Waals surface area contributed by atoms with Gasteiger partial charge in [-0.25, -0.2) is 9.59 Å². The number of esters is 2. The SMILES string of the molecule is COC(=O)c1cc(C(Cl)(c2cc(C(=O)OC)c(O)cc2C)C(Cl)Cl)c(C)cc1O. The Hall–Kier alpha value is -2.15. The lowest BCUT2D eigenvalue weighted by Gasteiger charge is -2.33. The fraction of sp³-hybridized carbons (Fsp3) is 0.300. The summed E-state index contributed by atoms with van der Waals surface area (Å²) in [5.74, 6) is -2.15. The van der Waals surface area contributed by atoms with Gasteiger partial charge in [0, 0.05) is 0 Å². The predicted molar refractivity (Wildman–Crippen MR) is 110 cm³/mol. The molecule has 0 aliphatic rings. The second-order valence-corrected chi connectivity index (χ2v) is 8.06. The van der Waals surface area contributed by atoms with Crippen LogP contribution in [0.25, 0.3) is 0 Å². The Morgan fingerprint density at radius 3 is 1.48 bits per heavy atom. The maximum atomic E-state index is 12.0. The number of carbonyl (C=O) groups is 2. The summed E-state index contributed by atoms with van der Waals surface area (Å²) >= 11 is 19.5. The number of halogens is 3. The molecular formula is C20H19Cl3O6. The zero-order chi connectivity index (χ0) is 22.1. The molecule has 0 heterocycles. The van der Waals surface area contributed by atoms with Crippen molar-refractivity contribution in [1.82, 2.24) is 0 Å². The van der Waals surface area contributed by atoms with Gasteiger partial charge >= 0.3 is 11.9 Å². The van der Waals surface area contributed by atoms with Crippen molar-refractivity contribution >= 4 is 46.7 Å². The van der Waals surface area contributed by atoms with E-state index in [2.05, 4.69) is 0 Å². The predicted octanol–water partition coefficient (Wildman–Crippen LogP) is 4.57. The standard InChI is InChI=1S/C20H19Cl3O6/c1-9-5-15(24)11(17(26)28-3)7-13(9)20(23,19(21)22)14-8-12(18(27)29-4)16(25)6-10(14)2/h5-8,19,24-25H,1-4H3. The van der Waals surface area contributed by atoms with Crippen LogP contribution in [0, 0.1) is 13.8 Å². The summed E-state index contributed by atoms with van der Waals surface area (Å²) in [6.45, 7) is 3.31. The van der Waals surface area contributed by atoms with Gasteiger partial charge in [0.25, 0.3) is 0 Å². The maximum absolute atomic E-state index is 12.0. The molecule has 156 valence electrons. The normalized spacial score (nSPS) is 11.4. The Morgan fingerprint density at radius 2 is 1.21 bits per heavy atom. The van der Waals surface area contributed by atoms with E-state index in [1.165, 1.54) is 38.5 Å². The van der Waals surface area contributed by atoms with Crippen molar-refractivity contribution in [1.29, 1.82) is 0 Å². The highest BCUT2D eigenvalue weighted by molar-refractivity contribution is 6.50. The Morgan fingerprint density at radius 1 is 0.862 bits per heavy atom. The molecule has 9 heteroatoms. The Balaban J connectivity index is 2.87. The average molecular weight is 462 g/mol. The number of phenolic OH excluding ortho intramolecular Hbond substituents is 2. The number of hydrogen-bond donors (Lipinski definition) is 2. The molecule has 0 fully saturated rings. The highest BCUT2D eigenvalue weighted by Gasteiger charge is 2.42. The molecule has 0 saturated carbocycles. The maximum Gasteiger partial charge on any atom is 0.341 e. The van der Waals surface area contributed by atoms with Crippen LogP contribution in [0.2, 0.25) is 0 Å². The van der Waals surface area contributed by atoms with Crippen LogP contribution in [0.5, 0.6) is 11.5 Å². The summed E-state index contributed by atoms with van der Waals surface area (Å²) < 4.78 is 9.39. The number of aryl methyl sites for hydroxylation is 2. The van der Waals surface area contributed by atoms with Crippen LogP contribution in [0.1, 0.15) is 43.0 Å². The molecule has 0 aromatic heterocycles. The minimum absolute atomic E-state index is 0.128. The van der Waals surface area contributed by atoms with Crippen LogP contribution in [-0.4, -0.2) is 41.2 Å². The van der Waals surface area contributed by atoms with E-state index in [4.69, 9.17) is 44.3 Å². The first-order chi connectivity index (χ1) is 13.5. The van der Waals surface area contributed by atoms with Crippen LogP contribution in [0.3, 0.4) is 0 Å². The van der Waals surface area contributed by atoms with Crippen molar-refractivity contribution in [2.75, 3.05) is 14.2 Å². The lowest BCUT2D eigenvalue weighted by atomic mass is 9.84. The molecule has 2 N–H and O–H groups in total. The molecule has 0 bridgehead atoms. The molecule has 0 amide bonds. The number of ether oxygens (including phenoxy) is 2. The first kappa shape index (κ1) is 23.1. The molecule has 0 radical (unpaired) electrons. The second kappa shape index (κ2) is 8.69. The van der Waals surface area contributed by atoms with Gasteiger partial charge in [-0.3, -0.25) is 0 Å². The topological polar surface area (TPSA) is 93.1 Å². The van der Waals surface area contributed by atoms with Crippen LogP contribution >= 0.6 is 34.8 Å². The first-order valence-corrected chi connectivity index (χ1v) is 9.55. The van der Waals surface area contributed by atoms with Gasteiger partial charge in [-0.2, -0.15) is 0 Å². The van der Waals surface area contributed by atoms with Gasteiger partial charge in [-0.15, -0.1) is 34.8 Å². The fourth-order valence-corrected chi connectivity index (χ4v) is 3.97. The van der Waals surface area contributed by atoms with Crippen molar-refractivity contribution in [3.05, 3.63) is 57.6 Å². The molecular weight excluding hydrogens is 443 g/mol. The van der Waals surface area contributed by atoms with Crippen molar-refractivity contribution in [3.63, 3.8) is 0 Å². The number of aromatic hydroxyl groups is 2. The Bertz CT molecular complexity index is 900. The lowest BCUT2D eigenvalue weighted by Crippen LogP contribution is -2.31. The zero-order valence-corrected chi connectivity index (χ0v) is 18.3. The molecule has 0 saturated heterocycles. The van der Waals surface area contributed by atoms with E-state index in [1.807, 2.05) is 0 Å². The van der Waals surface area contributed by atoms with Crippen LogP contribution in [-0.2, 0) is 14.3 Å². The minimum atomic E-state index is -1.63.